The Morgan fingerprint density at radius 3 is 1.96 bits per heavy atom. The molecule has 1 aliphatic rings. The van der Waals surface area contributed by atoms with Gasteiger partial charge in [0.05, 0.1) is 4.47 Å². The predicted molar refractivity (Wildman–Crippen MR) is 80.0 cm³/mol. The fraction of sp³-hybridized carbons (Fsp3) is 0.417. The minimum Gasteiger partial charge on any atom is -0.741 e. The van der Waals surface area contributed by atoms with Gasteiger partial charge in [0.25, 0.3) is 0 Å². The molecule has 3 nitrogen and oxygen atoms in total. The molecular formula is C12H10BrF5O3S2. The van der Waals surface area contributed by atoms with Crippen LogP contribution in [0.5, 0.6) is 0 Å². The van der Waals surface area contributed by atoms with Crippen LogP contribution >= 0.6 is 15.9 Å². The van der Waals surface area contributed by atoms with Crippen LogP contribution in [0, 0.1) is 11.6 Å². The number of halogens is 6. The van der Waals surface area contributed by atoms with E-state index in [4.69, 9.17) is 13.0 Å². The topological polar surface area (TPSA) is 57.2 Å². The highest BCUT2D eigenvalue weighted by Gasteiger charge is 2.36. The highest BCUT2D eigenvalue weighted by Crippen LogP contribution is 2.23. The molecule has 11 heteroatoms. The minimum absolute atomic E-state index is 0.0762. The molecule has 0 N–H and O–H groups in total. The zero-order valence-electron chi connectivity index (χ0n) is 11.3. The summed E-state index contributed by atoms with van der Waals surface area (Å²) in [4.78, 5) is 1.10. The van der Waals surface area contributed by atoms with Crippen LogP contribution in [0.25, 0.3) is 0 Å². The number of hydrogen-bond acceptors (Lipinski definition) is 3. The first-order valence-corrected chi connectivity index (χ1v) is 9.28. The van der Waals surface area contributed by atoms with E-state index in [0.717, 1.165) is 23.5 Å². The van der Waals surface area contributed by atoms with E-state index in [1.807, 2.05) is 0 Å². The van der Waals surface area contributed by atoms with Crippen molar-refractivity contribution in [1.82, 2.24) is 0 Å². The Morgan fingerprint density at radius 1 is 1.13 bits per heavy atom. The molecule has 0 fully saturated rings. The summed E-state index contributed by atoms with van der Waals surface area (Å²) in [6.45, 7) is 0. The predicted octanol–water partition coefficient (Wildman–Crippen LogP) is 3.57. The van der Waals surface area contributed by atoms with Crippen LogP contribution in [-0.2, 0) is 21.5 Å². The molecule has 1 aromatic rings. The second-order valence-electron chi connectivity index (χ2n) is 4.38. The van der Waals surface area contributed by atoms with Crippen LogP contribution in [0.2, 0.25) is 0 Å². The second kappa shape index (κ2) is 7.95. The van der Waals surface area contributed by atoms with Crippen molar-refractivity contribution in [3.05, 3.63) is 33.8 Å². The molecule has 0 unspecified atom stereocenters. The fourth-order valence-electron chi connectivity index (χ4n) is 1.60. The molecule has 0 radical (unpaired) electrons. The van der Waals surface area contributed by atoms with Crippen molar-refractivity contribution in [1.29, 1.82) is 0 Å². The second-order valence-corrected chi connectivity index (χ2v) is 7.74. The van der Waals surface area contributed by atoms with E-state index >= 15 is 0 Å². The maximum Gasteiger partial charge on any atom is 0.485 e. The third kappa shape index (κ3) is 6.05. The fourth-order valence-corrected chi connectivity index (χ4v) is 3.00. The van der Waals surface area contributed by atoms with E-state index in [1.165, 1.54) is 18.6 Å². The normalized spacial score (nSPS) is 15.5. The Bertz CT molecular complexity index is 678. The number of hydrogen-bond donors (Lipinski definition) is 0. The molecule has 0 saturated heterocycles. The van der Waals surface area contributed by atoms with E-state index < -0.39 is 27.3 Å². The lowest BCUT2D eigenvalue weighted by Gasteiger charge is -2.08. The minimum atomic E-state index is -6.09. The van der Waals surface area contributed by atoms with Crippen LogP contribution in [0.4, 0.5) is 22.0 Å². The quantitative estimate of drug-likeness (QED) is 0.167. The summed E-state index contributed by atoms with van der Waals surface area (Å²) in [5.74, 6) is 0.00148. The lowest BCUT2D eigenvalue weighted by atomic mass is 10.1. The van der Waals surface area contributed by atoms with Crippen molar-refractivity contribution in [2.45, 2.75) is 24.8 Å². The molecule has 0 spiro atoms. The standard InChI is InChI=1S/C11H10BrF2S.CHF3O3S/c12-11-8(13)5-7(6-9(11)14)10-3-1-2-4-15-10;2-1(3,4)8(5,6)7/h5-6H,1-4H2;(H,5,6,7)/q+1;/p-1. The SMILES string of the molecule is Fc1cc(C2=[S+]CCCC2)cc(F)c1Br.O=S(=O)([O-])C(F)(F)F. The van der Waals surface area contributed by atoms with E-state index in [-0.39, 0.29) is 4.47 Å². The molecule has 1 aliphatic heterocycles. The van der Waals surface area contributed by atoms with Crippen LogP contribution in [-0.4, -0.2) is 29.1 Å². The van der Waals surface area contributed by atoms with Crippen molar-refractivity contribution < 1.29 is 34.9 Å². The van der Waals surface area contributed by atoms with E-state index in [9.17, 15) is 22.0 Å². The lowest BCUT2D eigenvalue weighted by molar-refractivity contribution is -0.0517. The molecule has 1 aromatic carbocycles. The Balaban J connectivity index is 0.000000284. The molecule has 0 atom stereocenters. The van der Waals surface area contributed by atoms with Crippen LogP contribution in [0.15, 0.2) is 16.6 Å². The lowest BCUT2D eigenvalue weighted by Crippen LogP contribution is -2.21. The molecule has 2 rings (SSSR count). The van der Waals surface area contributed by atoms with Gasteiger partial charge in [-0.3, -0.25) is 0 Å². The van der Waals surface area contributed by atoms with Gasteiger partial charge < -0.3 is 4.55 Å². The average molecular weight is 441 g/mol. The van der Waals surface area contributed by atoms with Gasteiger partial charge in [-0.15, -0.1) is 0 Å². The van der Waals surface area contributed by atoms with Gasteiger partial charge >= 0.3 is 5.51 Å². The summed E-state index contributed by atoms with van der Waals surface area (Å²) < 4.78 is 85.4. The number of rotatable bonds is 1. The maximum absolute atomic E-state index is 13.3. The number of benzene rings is 1. The molecule has 23 heavy (non-hydrogen) atoms. The molecule has 130 valence electrons. The van der Waals surface area contributed by atoms with E-state index in [2.05, 4.69) is 15.9 Å². The van der Waals surface area contributed by atoms with E-state index in [0.29, 0.717) is 5.56 Å². The van der Waals surface area contributed by atoms with Gasteiger partial charge in [0.1, 0.15) is 11.6 Å². The van der Waals surface area contributed by atoms with Gasteiger partial charge in [-0.25, -0.2) is 17.2 Å². The van der Waals surface area contributed by atoms with Crippen LogP contribution in [0.3, 0.4) is 0 Å². The van der Waals surface area contributed by atoms with Crippen molar-refractivity contribution in [3.8, 4) is 0 Å². The zero-order chi connectivity index (χ0) is 17.8. The van der Waals surface area contributed by atoms with Gasteiger partial charge in [-0.2, -0.15) is 13.2 Å². The summed E-state index contributed by atoms with van der Waals surface area (Å²) in [5, 5.41) is 0. The molecule has 0 bridgehead atoms. The van der Waals surface area contributed by atoms with Crippen LogP contribution in [0.1, 0.15) is 24.8 Å². The van der Waals surface area contributed by atoms with E-state index in [1.54, 1.807) is 11.4 Å². The highest BCUT2D eigenvalue weighted by molar-refractivity contribution is 9.10. The largest absolute Gasteiger partial charge is 0.741 e. The zero-order valence-corrected chi connectivity index (χ0v) is 14.5. The van der Waals surface area contributed by atoms with Gasteiger partial charge in [-0.05, 0) is 34.5 Å². The summed E-state index contributed by atoms with van der Waals surface area (Å²) in [7, 11) is -6.09. The van der Waals surface area contributed by atoms with Gasteiger partial charge in [-0.1, -0.05) is 0 Å². The molecular weight excluding hydrogens is 431 g/mol. The van der Waals surface area contributed by atoms with Gasteiger partial charge in [0.2, 0.25) is 4.86 Å². The van der Waals surface area contributed by atoms with Crippen molar-refractivity contribution in [2.24, 2.45) is 0 Å². The van der Waals surface area contributed by atoms with Gasteiger partial charge in [0.15, 0.2) is 27.2 Å². The summed E-state index contributed by atoms with van der Waals surface area (Å²) in [5.41, 5.74) is -4.95. The Kier molecular flexibility index (Phi) is 7.05. The summed E-state index contributed by atoms with van der Waals surface area (Å²) in [6, 6.07) is 2.81. The third-order valence-corrected chi connectivity index (χ3v) is 5.27. The maximum atomic E-state index is 13.3. The first-order valence-electron chi connectivity index (χ1n) is 6.09. The Morgan fingerprint density at radius 2 is 1.61 bits per heavy atom. The van der Waals surface area contributed by atoms with Crippen molar-refractivity contribution >= 4 is 42.3 Å². The summed E-state index contributed by atoms with van der Waals surface area (Å²) in [6.07, 6.45) is 3.24. The molecule has 0 aromatic heterocycles. The molecule has 0 aliphatic carbocycles. The summed E-state index contributed by atoms with van der Waals surface area (Å²) >= 11 is 4.58. The van der Waals surface area contributed by atoms with Gasteiger partial charge in [0, 0.05) is 18.4 Å². The Labute approximate surface area is 141 Å². The number of alkyl halides is 3. The van der Waals surface area contributed by atoms with Crippen molar-refractivity contribution in [2.75, 3.05) is 5.75 Å². The molecule has 0 amide bonds. The average Bonchev–Trinajstić information content (AvgIpc) is 2.44. The third-order valence-electron chi connectivity index (χ3n) is 2.66. The highest BCUT2D eigenvalue weighted by atomic mass is 79.9. The first-order chi connectivity index (χ1) is 10.4. The van der Waals surface area contributed by atoms with Crippen molar-refractivity contribution in [3.63, 3.8) is 0 Å². The smallest absolute Gasteiger partial charge is 0.485 e. The molecule has 1 heterocycles. The van der Waals surface area contributed by atoms with Crippen LogP contribution < -0.4 is 0 Å². The Hall–Kier alpha value is -0.650. The molecule has 0 saturated carbocycles. The monoisotopic (exact) mass is 440 g/mol. The first kappa shape index (κ1) is 20.4.